The van der Waals surface area contributed by atoms with Crippen molar-refractivity contribution in [2.75, 3.05) is 19.6 Å². The summed E-state index contributed by atoms with van der Waals surface area (Å²) in [4.78, 5) is 2.70. The van der Waals surface area contributed by atoms with Crippen molar-refractivity contribution in [2.24, 2.45) is 5.92 Å². The van der Waals surface area contributed by atoms with E-state index in [2.05, 4.69) is 52.7 Å². The van der Waals surface area contributed by atoms with Crippen molar-refractivity contribution in [2.45, 2.75) is 19.0 Å². The highest BCUT2D eigenvalue weighted by Gasteiger charge is 2.37. The van der Waals surface area contributed by atoms with Crippen molar-refractivity contribution in [1.82, 2.24) is 10.2 Å². The minimum absolute atomic E-state index is 0.754. The SMILES string of the molecule is c1ccc2c(c1)sc1c(CN3CC[C@H]4CNC[C@H]43)cccc12. The third kappa shape index (κ3) is 1.93. The molecule has 0 saturated carbocycles. The second-order valence-electron chi connectivity index (χ2n) is 6.64. The number of thiophene rings is 1. The molecule has 2 nitrogen and oxygen atoms in total. The first kappa shape index (κ1) is 13.1. The van der Waals surface area contributed by atoms with Gasteiger partial charge in [0.25, 0.3) is 0 Å². The first-order chi connectivity index (χ1) is 10.9. The van der Waals surface area contributed by atoms with Crippen molar-refractivity contribution < 1.29 is 0 Å². The van der Waals surface area contributed by atoms with Gasteiger partial charge in [-0.05, 0) is 37.1 Å². The maximum absolute atomic E-state index is 3.56. The Morgan fingerprint density at radius 2 is 1.95 bits per heavy atom. The fourth-order valence-corrected chi connectivity index (χ4v) is 5.49. The van der Waals surface area contributed by atoms with E-state index in [1.54, 1.807) is 0 Å². The van der Waals surface area contributed by atoms with Gasteiger partial charge in [0.15, 0.2) is 0 Å². The molecule has 0 spiro atoms. The van der Waals surface area contributed by atoms with Gasteiger partial charge in [-0.1, -0.05) is 36.4 Å². The Morgan fingerprint density at radius 1 is 1.05 bits per heavy atom. The van der Waals surface area contributed by atoms with E-state index in [-0.39, 0.29) is 0 Å². The van der Waals surface area contributed by atoms with Gasteiger partial charge in [0.05, 0.1) is 0 Å². The lowest BCUT2D eigenvalue weighted by molar-refractivity contribution is 0.245. The second kappa shape index (κ2) is 5.05. The number of fused-ring (bicyclic) bond motifs is 4. The molecule has 3 aromatic rings. The lowest BCUT2D eigenvalue weighted by Crippen LogP contribution is -2.33. The first-order valence-corrected chi connectivity index (χ1v) is 9.06. The molecule has 3 heterocycles. The van der Waals surface area contributed by atoms with Gasteiger partial charge in [-0.15, -0.1) is 11.3 Å². The van der Waals surface area contributed by atoms with E-state index in [4.69, 9.17) is 0 Å². The van der Waals surface area contributed by atoms with Crippen molar-refractivity contribution in [3.63, 3.8) is 0 Å². The largest absolute Gasteiger partial charge is 0.315 e. The van der Waals surface area contributed by atoms with Crippen LogP contribution in [0.1, 0.15) is 12.0 Å². The molecule has 2 saturated heterocycles. The molecular weight excluding hydrogens is 288 g/mol. The topological polar surface area (TPSA) is 15.3 Å². The van der Waals surface area contributed by atoms with E-state index in [1.165, 1.54) is 51.8 Å². The average molecular weight is 308 g/mol. The molecule has 1 N–H and O–H groups in total. The Balaban J connectivity index is 1.57. The van der Waals surface area contributed by atoms with Crippen LogP contribution in [0.3, 0.4) is 0 Å². The quantitative estimate of drug-likeness (QED) is 0.773. The smallest absolute Gasteiger partial charge is 0.0400 e. The third-order valence-electron chi connectivity index (χ3n) is 5.42. The zero-order chi connectivity index (χ0) is 14.5. The van der Waals surface area contributed by atoms with Crippen LogP contribution in [0.15, 0.2) is 42.5 Å². The number of likely N-dealkylation sites (tertiary alicyclic amines) is 1. The lowest BCUT2D eigenvalue weighted by Gasteiger charge is -2.23. The summed E-state index contributed by atoms with van der Waals surface area (Å²) in [6.07, 6.45) is 1.36. The highest BCUT2D eigenvalue weighted by atomic mass is 32.1. The van der Waals surface area contributed by atoms with Gasteiger partial charge >= 0.3 is 0 Å². The highest BCUT2D eigenvalue weighted by Crippen LogP contribution is 2.37. The summed E-state index contributed by atoms with van der Waals surface area (Å²) in [5.74, 6) is 0.876. The Labute approximate surface area is 134 Å². The van der Waals surface area contributed by atoms with E-state index < -0.39 is 0 Å². The fraction of sp³-hybridized carbons (Fsp3) is 0.368. The van der Waals surface area contributed by atoms with Crippen LogP contribution in [0.5, 0.6) is 0 Å². The van der Waals surface area contributed by atoms with Gasteiger partial charge in [-0.3, -0.25) is 4.90 Å². The molecule has 5 rings (SSSR count). The van der Waals surface area contributed by atoms with Crippen LogP contribution < -0.4 is 5.32 Å². The average Bonchev–Trinajstić information content (AvgIpc) is 3.23. The number of nitrogens with one attached hydrogen (secondary N) is 1. The maximum atomic E-state index is 3.56. The maximum Gasteiger partial charge on any atom is 0.0400 e. The third-order valence-corrected chi connectivity index (χ3v) is 6.68. The highest BCUT2D eigenvalue weighted by molar-refractivity contribution is 7.26. The van der Waals surface area contributed by atoms with Gasteiger partial charge in [0, 0.05) is 39.3 Å². The van der Waals surface area contributed by atoms with E-state index >= 15 is 0 Å². The number of nitrogens with zero attached hydrogens (tertiary/aromatic N) is 1. The number of rotatable bonds is 2. The molecule has 0 radical (unpaired) electrons. The summed E-state index contributed by atoms with van der Waals surface area (Å²) in [6.45, 7) is 4.76. The number of benzene rings is 2. The lowest BCUT2D eigenvalue weighted by atomic mass is 10.0. The van der Waals surface area contributed by atoms with Gasteiger partial charge < -0.3 is 5.32 Å². The van der Waals surface area contributed by atoms with Crippen LogP contribution in [0.25, 0.3) is 20.2 Å². The molecule has 3 heteroatoms. The summed E-state index contributed by atoms with van der Waals surface area (Å²) in [6, 6.07) is 16.4. The van der Waals surface area contributed by atoms with Gasteiger partial charge in [-0.25, -0.2) is 0 Å². The minimum Gasteiger partial charge on any atom is -0.315 e. The molecule has 0 bridgehead atoms. The Kier molecular flexibility index (Phi) is 3.00. The van der Waals surface area contributed by atoms with Crippen molar-refractivity contribution in [3.05, 3.63) is 48.0 Å². The summed E-state index contributed by atoms with van der Waals surface area (Å²) in [7, 11) is 0. The predicted octanol–water partition coefficient (Wildman–Crippen LogP) is 3.85. The van der Waals surface area contributed by atoms with E-state index in [0.29, 0.717) is 0 Å². The molecule has 0 unspecified atom stereocenters. The monoisotopic (exact) mass is 308 g/mol. The Bertz CT molecular complexity index is 838. The molecule has 0 aliphatic carbocycles. The molecule has 2 aromatic carbocycles. The van der Waals surface area contributed by atoms with Gasteiger partial charge in [-0.2, -0.15) is 0 Å². The van der Waals surface area contributed by atoms with Crippen LogP contribution in [0.2, 0.25) is 0 Å². The summed E-state index contributed by atoms with van der Waals surface area (Å²) in [5, 5.41) is 6.40. The van der Waals surface area contributed by atoms with Gasteiger partial charge in [0.1, 0.15) is 0 Å². The van der Waals surface area contributed by atoms with Crippen molar-refractivity contribution in [3.8, 4) is 0 Å². The van der Waals surface area contributed by atoms with Crippen LogP contribution in [0.4, 0.5) is 0 Å². The molecule has 2 aliphatic rings. The van der Waals surface area contributed by atoms with Crippen molar-refractivity contribution >= 4 is 31.5 Å². The second-order valence-corrected chi connectivity index (χ2v) is 7.69. The van der Waals surface area contributed by atoms with Crippen LogP contribution in [-0.4, -0.2) is 30.6 Å². The molecule has 2 fully saturated rings. The van der Waals surface area contributed by atoms with E-state index in [1.807, 2.05) is 11.3 Å². The molecule has 2 aliphatic heterocycles. The molecule has 22 heavy (non-hydrogen) atoms. The summed E-state index contributed by atoms with van der Waals surface area (Å²) in [5.41, 5.74) is 1.51. The zero-order valence-electron chi connectivity index (χ0n) is 12.6. The first-order valence-electron chi connectivity index (χ1n) is 8.24. The van der Waals surface area contributed by atoms with E-state index in [9.17, 15) is 0 Å². The van der Waals surface area contributed by atoms with E-state index in [0.717, 1.165) is 18.5 Å². The molecular formula is C19H20N2S. The molecule has 1 aromatic heterocycles. The normalized spacial score (nSPS) is 25.3. The predicted molar refractivity (Wildman–Crippen MR) is 94.5 cm³/mol. The summed E-state index contributed by atoms with van der Waals surface area (Å²) < 4.78 is 2.89. The molecule has 112 valence electrons. The van der Waals surface area contributed by atoms with Crippen LogP contribution >= 0.6 is 11.3 Å². The zero-order valence-corrected chi connectivity index (χ0v) is 13.4. The number of hydrogen-bond donors (Lipinski definition) is 1. The fourth-order valence-electron chi connectivity index (χ4n) is 4.28. The Hall–Kier alpha value is -1.42. The van der Waals surface area contributed by atoms with Crippen LogP contribution in [0, 0.1) is 5.92 Å². The standard InChI is InChI=1S/C19H20N2S/c1-2-7-18-15(5-1)16-6-3-4-14(19(16)22-18)12-21-9-8-13-10-20-11-17(13)21/h1-7,13,17,20H,8-12H2/t13-,17+/m0/s1. The van der Waals surface area contributed by atoms with Crippen LogP contribution in [-0.2, 0) is 6.54 Å². The number of hydrogen-bond acceptors (Lipinski definition) is 3. The van der Waals surface area contributed by atoms with Gasteiger partial charge in [0.2, 0.25) is 0 Å². The minimum atomic E-state index is 0.754. The summed E-state index contributed by atoms with van der Waals surface area (Å²) >= 11 is 1.95. The Morgan fingerprint density at radius 3 is 2.95 bits per heavy atom. The molecule has 0 amide bonds. The van der Waals surface area contributed by atoms with Crippen molar-refractivity contribution in [1.29, 1.82) is 0 Å². The molecule has 2 atom stereocenters.